The fourth-order valence-corrected chi connectivity index (χ4v) is 2.95. The van der Waals surface area contributed by atoms with Crippen LogP contribution in [-0.4, -0.2) is 37.1 Å². The van der Waals surface area contributed by atoms with Crippen LogP contribution in [0.25, 0.3) is 0 Å². The van der Waals surface area contributed by atoms with Gasteiger partial charge in [0, 0.05) is 5.69 Å². The molecule has 2 unspecified atom stereocenters. The molecule has 1 aromatic carbocycles. The lowest BCUT2D eigenvalue weighted by Crippen LogP contribution is -2.31. The van der Waals surface area contributed by atoms with Crippen molar-refractivity contribution in [2.45, 2.75) is 31.5 Å². The highest BCUT2D eigenvalue weighted by molar-refractivity contribution is 5.89. The zero-order valence-electron chi connectivity index (χ0n) is 14.3. The zero-order valence-corrected chi connectivity index (χ0v) is 14.3. The third kappa shape index (κ3) is 4.31. The Kier molecular flexibility index (Phi) is 5.56. The van der Waals surface area contributed by atoms with E-state index in [0.717, 1.165) is 24.3 Å². The molecule has 1 fully saturated rings. The Hall–Kier alpha value is -2.53. The van der Waals surface area contributed by atoms with E-state index >= 15 is 0 Å². The monoisotopic (exact) mass is 341 g/mol. The molecular weight excluding hydrogens is 318 g/mol. The van der Waals surface area contributed by atoms with Crippen LogP contribution in [0.1, 0.15) is 19.3 Å². The molecule has 0 bridgehead atoms. The lowest BCUT2D eigenvalue weighted by molar-refractivity contribution is 0.0283. The summed E-state index contributed by atoms with van der Waals surface area (Å²) in [7, 11) is 1.60. The number of nitrogens with zero attached hydrogens (tertiary/aromatic N) is 1. The molecule has 0 spiro atoms. The van der Waals surface area contributed by atoms with Gasteiger partial charge in [0.2, 0.25) is 0 Å². The van der Waals surface area contributed by atoms with Gasteiger partial charge < -0.3 is 14.6 Å². The van der Waals surface area contributed by atoms with Gasteiger partial charge in [-0.15, -0.1) is 0 Å². The van der Waals surface area contributed by atoms with Crippen molar-refractivity contribution in [1.82, 2.24) is 0 Å². The van der Waals surface area contributed by atoms with Gasteiger partial charge in [-0.05, 0) is 49.1 Å². The predicted octanol–water partition coefficient (Wildman–Crippen LogP) is 3.60. The van der Waals surface area contributed by atoms with Crippen molar-refractivity contribution < 1.29 is 19.4 Å². The SMILES string of the molecule is COc1ccc(N2CC(C(O)CCC3=CC=CCC=C3)OC2=O)cc1. The van der Waals surface area contributed by atoms with E-state index in [-0.39, 0.29) is 0 Å². The van der Waals surface area contributed by atoms with Gasteiger partial charge in [-0.1, -0.05) is 30.4 Å². The summed E-state index contributed by atoms with van der Waals surface area (Å²) in [4.78, 5) is 13.7. The van der Waals surface area contributed by atoms with E-state index in [2.05, 4.69) is 24.3 Å². The molecule has 1 amide bonds. The number of anilines is 1. The van der Waals surface area contributed by atoms with E-state index in [4.69, 9.17) is 9.47 Å². The quantitative estimate of drug-likeness (QED) is 0.859. The molecule has 132 valence electrons. The average Bonchev–Trinajstić information content (AvgIpc) is 2.85. The third-order valence-corrected chi connectivity index (χ3v) is 4.43. The van der Waals surface area contributed by atoms with E-state index < -0.39 is 18.3 Å². The Morgan fingerprint density at radius 1 is 1.32 bits per heavy atom. The Morgan fingerprint density at radius 3 is 2.88 bits per heavy atom. The maximum atomic E-state index is 12.1. The lowest BCUT2D eigenvalue weighted by atomic mass is 10.0. The maximum Gasteiger partial charge on any atom is 0.414 e. The van der Waals surface area contributed by atoms with Crippen molar-refractivity contribution in [3.05, 3.63) is 60.2 Å². The van der Waals surface area contributed by atoms with Crippen LogP contribution in [0.2, 0.25) is 0 Å². The van der Waals surface area contributed by atoms with Gasteiger partial charge >= 0.3 is 6.09 Å². The number of benzene rings is 1. The molecule has 0 radical (unpaired) electrons. The van der Waals surface area contributed by atoms with Crippen molar-refractivity contribution >= 4 is 11.8 Å². The van der Waals surface area contributed by atoms with Crippen LogP contribution in [0.5, 0.6) is 5.75 Å². The number of allylic oxidation sites excluding steroid dienone is 6. The van der Waals surface area contributed by atoms with Gasteiger partial charge in [0.15, 0.2) is 0 Å². The number of methoxy groups -OCH3 is 1. The van der Waals surface area contributed by atoms with Crippen molar-refractivity contribution in [2.24, 2.45) is 0 Å². The first-order valence-corrected chi connectivity index (χ1v) is 8.50. The molecule has 2 atom stereocenters. The van der Waals surface area contributed by atoms with Gasteiger partial charge in [-0.25, -0.2) is 4.79 Å². The summed E-state index contributed by atoms with van der Waals surface area (Å²) in [5.74, 6) is 0.728. The number of aliphatic hydroxyl groups excluding tert-OH is 1. The summed E-state index contributed by atoms with van der Waals surface area (Å²) in [6.45, 7) is 0.348. The minimum absolute atomic E-state index is 0.348. The van der Waals surface area contributed by atoms with Gasteiger partial charge in [0.05, 0.1) is 19.8 Å². The molecular formula is C20H23NO4. The molecule has 1 aromatic rings. The van der Waals surface area contributed by atoms with Crippen LogP contribution < -0.4 is 9.64 Å². The lowest BCUT2D eigenvalue weighted by Gasteiger charge is -2.17. The molecule has 5 heteroatoms. The Morgan fingerprint density at radius 2 is 2.12 bits per heavy atom. The molecule has 1 heterocycles. The van der Waals surface area contributed by atoms with Crippen molar-refractivity contribution in [3.8, 4) is 5.75 Å². The number of aliphatic hydroxyl groups is 1. The summed E-state index contributed by atoms with van der Waals surface area (Å²) in [5.41, 5.74) is 1.91. The van der Waals surface area contributed by atoms with Crippen LogP contribution in [0.4, 0.5) is 10.5 Å². The number of carbonyl (C=O) groups excluding carboxylic acids is 1. The molecule has 1 saturated heterocycles. The molecule has 25 heavy (non-hydrogen) atoms. The number of ether oxygens (including phenoxy) is 2. The molecule has 0 saturated carbocycles. The van der Waals surface area contributed by atoms with E-state index in [1.807, 2.05) is 18.2 Å². The summed E-state index contributed by atoms with van der Waals surface area (Å²) in [6, 6.07) is 7.21. The molecule has 0 aromatic heterocycles. The van der Waals surface area contributed by atoms with Gasteiger partial charge in [-0.2, -0.15) is 0 Å². The van der Waals surface area contributed by atoms with Gasteiger partial charge in [0.1, 0.15) is 11.9 Å². The summed E-state index contributed by atoms with van der Waals surface area (Å²) < 4.78 is 10.5. The van der Waals surface area contributed by atoms with Crippen molar-refractivity contribution in [2.75, 3.05) is 18.6 Å². The first-order valence-electron chi connectivity index (χ1n) is 8.50. The van der Waals surface area contributed by atoms with Crippen LogP contribution in [-0.2, 0) is 4.74 Å². The number of hydrogen-bond acceptors (Lipinski definition) is 4. The number of cyclic esters (lactones) is 1. The summed E-state index contributed by atoms with van der Waals surface area (Å²) in [6.07, 6.45) is 11.0. The topological polar surface area (TPSA) is 59.0 Å². The van der Waals surface area contributed by atoms with Gasteiger partial charge in [-0.3, -0.25) is 4.90 Å². The Bertz CT molecular complexity index is 690. The first kappa shape index (κ1) is 17.3. The second-order valence-corrected chi connectivity index (χ2v) is 6.14. The van der Waals surface area contributed by atoms with Crippen molar-refractivity contribution in [1.29, 1.82) is 0 Å². The fourth-order valence-electron chi connectivity index (χ4n) is 2.95. The highest BCUT2D eigenvalue weighted by Crippen LogP contribution is 2.26. The largest absolute Gasteiger partial charge is 0.497 e. The number of amides is 1. The minimum Gasteiger partial charge on any atom is -0.497 e. The van der Waals surface area contributed by atoms with Gasteiger partial charge in [0.25, 0.3) is 0 Å². The highest BCUT2D eigenvalue weighted by Gasteiger charge is 2.36. The summed E-state index contributed by atoms with van der Waals surface area (Å²) in [5, 5.41) is 10.4. The predicted molar refractivity (Wildman–Crippen MR) is 96.8 cm³/mol. The van der Waals surface area contributed by atoms with E-state index in [1.54, 1.807) is 24.1 Å². The average molecular weight is 341 g/mol. The first-order chi connectivity index (χ1) is 12.2. The van der Waals surface area contributed by atoms with Crippen LogP contribution in [0, 0.1) is 0 Å². The Labute approximate surface area is 147 Å². The smallest absolute Gasteiger partial charge is 0.414 e. The second kappa shape index (κ2) is 8.03. The number of carbonyl (C=O) groups is 1. The normalized spacial score (nSPS) is 20.9. The fraction of sp³-hybridized carbons (Fsp3) is 0.350. The maximum absolute atomic E-state index is 12.1. The molecule has 1 aliphatic heterocycles. The summed E-state index contributed by atoms with van der Waals surface area (Å²) >= 11 is 0. The standard InChI is InChI=1S/C20H23NO4/c1-24-17-11-9-16(10-12-17)21-14-19(25-20(21)23)18(22)13-8-15-6-4-2-3-5-7-15/h2,4-7,9-12,18-19,22H,3,8,13-14H2,1H3. The molecule has 1 N–H and O–H groups in total. The van der Waals surface area contributed by atoms with E-state index in [0.29, 0.717) is 13.0 Å². The van der Waals surface area contributed by atoms with Crippen molar-refractivity contribution in [3.63, 3.8) is 0 Å². The Balaban J connectivity index is 1.57. The van der Waals surface area contributed by atoms with Crippen LogP contribution in [0.15, 0.2) is 60.2 Å². The highest BCUT2D eigenvalue weighted by atomic mass is 16.6. The minimum atomic E-state index is -0.686. The van der Waals surface area contributed by atoms with E-state index in [9.17, 15) is 9.90 Å². The number of rotatable bonds is 6. The number of hydrogen-bond donors (Lipinski definition) is 1. The van der Waals surface area contributed by atoms with E-state index in [1.165, 1.54) is 5.57 Å². The molecule has 3 rings (SSSR count). The second-order valence-electron chi connectivity index (χ2n) is 6.14. The van der Waals surface area contributed by atoms with Crippen LogP contribution in [0.3, 0.4) is 0 Å². The molecule has 5 nitrogen and oxygen atoms in total. The molecule has 2 aliphatic rings. The third-order valence-electron chi connectivity index (χ3n) is 4.43. The van der Waals surface area contributed by atoms with Crippen LogP contribution >= 0.6 is 0 Å². The zero-order chi connectivity index (χ0) is 17.6. The molecule has 1 aliphatic carbocycles.